The van der Waals surface area contributed by atoms with Crippen LogP contribution in [0.4, 0.5) is 18.9 Å². The number of carboxylic acids is 1. The molecule has 3 aliphatic rings. The molecular formula is C17H15F3N2O4S. The monoisotopic (exact) mass is 400 g/mol. The van der Waals surface area contributed by atoms with Crippen molar-refractivity contribution in [2.24, 2.45) is 17.8 Å². The Morgan fingerprint density at radius 1 is 1.33 bits per heavy atom. The molecule has 2 aliphatic carbocycles. The highest BCUT2D eigenvalue weighted by atomic mass is 32.2. The van der Waals surface area contributed by atoms with Gasteiger partial charge in [0, 0.05) is 12.5 Å². The quantitative estimate of drug-likeness (QED) is 0.823. The van der Waals surface area contributed by atoms with Crippen molar-refractivity contribution >= 4 is 21.7 Å². The minimum absolute atomic E-state index is 0.0636. The number of carboxylic acid groups (broad SMARTS) is 1. The number of carbonyl (C=O) groups is 1. The summed E-state index contributed by atoms with van der Waals surface area (Å²) in [6.07, 6.45) is -3.09. The number of hydrogen-bond acceptors (Lipinski definition) is 4. The first kappa shape index (κ1) is 18.1. The Bertz CT molecular complexity index is 985. The molecule has 2 bridgehead atoms. The molecule has 1 aromatic carbocycles. The van der Waals surface area contributed by atoms with Crippen molar-refractivity contribution in [2.75, 3.05) is 10.8 Å². The van der Waals surface area contributed by atoms with E-state index in [0.29, 0.717) is 18.9 Å². The van der Waals surface area contributed by atoms with E-state index in [2.05, 4.69) is 0 Å². The van der Waals surface area contributed by atoms with Crippen molar-refractivity contribution in [1.29, 1.82) is 5.26 Å². The lowest BCUT2D eigenvalue weighted by Gasteiger charge is -2.32. The van der Waals surface area contributed by atoms with E-state index in [1.807, 2.05) is 0 Å². The molecule has 0 spiro atoms. The lowest BCUT2D eigenvalue weighted by atomic mass is 9.78. The van der Waals surface area contributed by atoms with Gasteiger partial charge in [0.1, 0.15) is 0 Å². The fourth-order valence-electron chi connectivity index (χ4n) is 5.28. The number of nitriles is 1. The molecular weight excluding hydrogens is 385 g/mol. The van der Waals surface area contributed by atoms with Gasteiger partial charge in [-0.05, 0) is 49.3 Å². The maximum atomic E-state index is 13.3. The first-order chi connectivity index (χ1) is 12.5. The number of anilines is 1. The van der Waals surface area contributed by atoms with Crippen LogP contribution in [0.25, 0.3) is 0 Å². The largest absolute Gasteiger partial charge is 0.480 e. The first-order valence-corrected chi connectivity index (χ1v) is 9.86. The van der Waals surface area contributed by atoms with Crippen molar-refractivity contribution in [2.45, 2.75) is 30.2 Å². The van der Waals surface area contributed by atoms with E-state index >= 15 is 0 Å². The number of fused-ring (bicyclic) bond motifs is 5. The number of alkyl halides is 3. The molecule has 4 rings (SSSR count). The van der Waals surface area contributed by atoms with E-state index in [1.165, 1.54) is 6.07 Å². The number of benzene rings is 1. The van der Waals surface area contributed by atoms with Crippen molar-refractivity contribution in [1.82, 2.24) is 0 Å². The molecule has 27 heavy (non-hydrogen) atoms. The third kappa shape index (κ3) is 2.12. The molecule has 1 aromatic rings. The highest BCUT2D eigenvalue weighted by molar-refractivity contribution is 7.95. The summed E-state index contributed by atoms with van der Waals surface area (Å²) < 4.78 is 65.1. The van der Waals surface area contributed by atoms with Crippen LogP contribution in [-0.4, -0.2) is 30.8 Å². The van der Waals surface area contributed by atoms with Crippen molar-refractivity contribution in [3.63, 3.8) is 0 Å². The fourth-order valence-corrected chi connectivity index (χ4v) is 7.90. The Kier molecular flexibility index (Phi) is 3.60. The Morgan fingerprint density at radius 3 is 2.59 bits per heavy atom. The lowest BCUT2D eigenvalue weighted by Crippen LogP contribution is -2.54. The van der Waals surface area contributed by atoms with Gasteiger partial charge in [-0.3, -0.25) is 9.10 Å². The molecule has 0 amide bonds. The molecule has 1 N–H and O–H groups in total. The molecule has 10 heteroatoms. The molecule has 6 nitrogen and oxygen atoms in total. The van der Waals surface area contributed by atoms with Crippen LogP contribution in [0.1, 0.15) is 30.4 Å². The standard InChI is InChI=1S/C17H15F3N2O4S/c18-17(19,20)13-6-12(4-2-10(13)7-21)22-8-14-9-1-3-11(5-9)16(14,15(23)24)27(22,25)26/h2,4,6,9,11,14H,1,3,5,8H2,(H,23,24)/t9-,11+,14-,16+/m0/s1. The number of rotatable bonds is 2. The lowest BCUT2D eigenvalue weighted by molar-refractivity contribution is -0.143. The van der Waals surface area contributed by atoms with E-state index in [1.54, 1.807) is 0 Å². The minimum Gasteiger partial charge on any atom is -0.480 e. The summed E-state index contributed by atoms with van der Waals surface area (Å²) in [5.41, 5.74) is -2.10. The molecule has 1 saturated heterocycles. The number of sulfonamides is 1. The summed E-state index contributed by atoms with van der Waals surface area (Å²) in [5.74, 6) is -2.66. The topological polar surface area (TPSA) is 98.5 Å². The second-order valence-corrected chi connectivity index (χ2v) is 9.42. The van der Waals surface area contributed by atoms with Crippen LogP contribution in [0, 0.1) is 29.1 Å². The third-order valence-electron chi connectivity index (χ3n) is 6.33. The van der Waals surface area contributed by atoms with Gasteiger partial charge in [-0.15, -0.1) is 0 Å². The number of aliphatic carboxylic acids is 1. The van der Waals surface area contributed by atoms with Gasteiger partial charge >= 0.3 is 12.1 Å². The van der Waals surface area contributed by atoms with E-state index in [9.17, 15) is 31.5 Å². The van der Waals surface area contributed by atoms with Gasteiger partial charge in [0.2, 0.25) is 0 Å². The van der Waals surface area contributed by atoms with Crippen molar-refractivity contribution < 1.29 is 31.5 Å². The van der Waals surface area contributed by atoms with Crippen LogP contribution in [0.15, 0.2) is 18.2 Å². The zero-order valence-corrected chi connectivity index (χ0v) is 14.7. The summed E-state index contributed by atoms with van der Waals surface area (Å²) in [6, 6.07) is 4.12. The van der Waals surface area contributed by atoms with Gasteiger partial charge in [-0.25, -0.2) is 8.42 Å². The van der Waals surface area contributed by atoms with Crippen LogP contribution in [0.5, 0.6) is 0 Å². The van der Waals surface area contributed by atoms with Crippen molar-refractivity contribution in [3.05, 3.63) is 29.3 Å². The summed E-state index contributed by atoms with van der Waals surface area (Å²) in [7, 11) is -4.41. The molecule has 4 atom stereocenters. The molecule has 0 unspecified atom stereocenters. The summed E-state index contributed by atoms with van der Waals surface area (Å²) >= 11 is 0. The average Bonchev–Trinajstić information content (AvgIpc) is 3.23. The van der Waals surface area contributed by atoms with Gasteiger partial charge in [0.25, 0.3) is 10.0 Å². The summed E-state index contributed by atoms with van der Waals surface area (Å²) in [6.45, 7) is -0.154. The minimum atomic E-state index is -4.83. The molecule has 1 heterocycles. The van der Waals surface area contributed by atoms with Gasteiger partial charge in [0.05, 0.1) is 22.9 Å². The Morgan fingerprint density at radius 2 is 2.04 bits per heavy atom. The van der Waals surface area contributed by atoms with Crippen LogP contribution in [0.3, 0.4) is 0 Å². The maximum Gasteiger partial charge on any atom is 0.417 e. The molecule has 0 radical (unpaired) electrons. The Labute approximate surface area is 153 Å². The number of halogens is 3. The summed E-state index contributed by atoms with van der Waals surface area (Å²) in [5, 5.41) is 18.7. The Hall–Kier alpha value is -2.28. The van der Waals surface area contributed by atoms with Gasteiger partial charge in [-0.1, -0.05) is 0 Å². The SMILES string of the molecule is N#Cc1ccc(N2C[C@H]3[C@H]4CC[C@H](C4)[C@@]3(C(=O)O)S2(=O)=O)cc1C(F)(F)F. The van der Waals surface area contributed by atoms with E-state index in [0.717, 1.165) is 22.9 Å². The zero-order chi connectivity index (χ0) is 19.8. The van der Waals surface area contributed by atoms with E-state index in [-0.39, 0.29) is 18.2 Å². The first-order valence-electron chi connectivity index (χ1n) is 8.42. The van der Waals surface area contributed by atoms with E-state index < -0.39 is 49.9 Å². The molecule has 3 fully saturated rings. The average molecular weight is 400 g/mol. The van der Waals surface area contributed by atoms with Gasteiger partial charge < -0.3 is 5.11 Å². The molecule has 2 saturated carbocycles. The van der Waals surface area contributed by atoms with E-state index in [4.69, 9.17) is 5.26 Å². The number of nitrogens with zero attached hydrogens (tertiary/aromatic N) is 2. The molecule has 0 aromatic heterocycles. The fraction of sp³-hybridized carbons (Fsp3) is 0.529. The van der Waals surface area contributed by atoms with Crippen LogP contribution in [-0.2, 0) is 21.0 Å². The zero-order valence-electron chi connectivity index (χ0n) is 13.9. The van der Waals surface area contributed by atoms with Gasteiger partial charge in [0.15, 0.2) is 4.75 Å². The van der Waals surface area contributed by atoms with Gasteiger partial charge in [-0.2, -0.15) is 18.4 Å². The predicted molar refractivity (Wildman–Crippen MR) is 87.1 cm³/mol. The predicted octanol–water partition coefficient (Wildman–Crippen LogP) is 2.60. The highest BCUT2D eigenvalue weighted by Crippen LogP contribution is 2.62. The third-order valence-corrected chi connectivity index (χ3v) is 8.93. The number of hydrogen-bond donors (Lipinski definition) is 1. The summed E-state index contributed by atoms with van der Waals surface area (Å²) in [4.78, 5) is 12.1. The van der Waals surface area contributed by atoms with Crippen LogP contribution >= 0.6 is 0 Å². The smallest absolute Gasteiger partial charge is 0.417 e. The Balaban J connectivity index is 1.86. The second-order valence-electron chi connectivity index (χ2n) is 7.35. The highest BCUT2D eigenvalue weighted by Gasteiger charge is 2.75. The second kappa shape index (κ2) is 5.38. The van der Waals surface area contributed by atoms with Crippen LogP contribution < -0.4 is 4.31 Å². The maximum absolute atomic E-state index is 13.3. The normalized spacial score (nSPS) is 33.7. The molecule has 144 valence electrons. The molecule has 1 aliphatic heterocycles. The van der Waals surface area contributed by atoms with Crippen LogP contribution in [0.2, 0.25) is 0 Å². The van der Waals surface area contributed by atoms with Crippen molar-refractivity contribution in [3.8, 4) is 6.07 Å².